The van der Waals surface area contributed by atoms with E-state index in [-0.39, 0.29) is 23.1 Å². The SMILES string of the molecule is CC(C)(C)OC(=O)n1cccc1-c1ccc(C=O)c(F)c1F. The van der Waals surface area contributed by atoms with E-state index in [1.54, 1.807) is 20.8 Å². The molecule has 0 aliphatic carbocycles. The van der Waals surface area contributed by atoms with Crippen molar-refractivity contribution in [3.05, 3.63) is 47.7 Å². The van der Waals surface area contributed by atoms with Crippen molar-refractivity contribution in [2.75, 3.05) is 0 Å². The molecule has 0 amide bonds. The van der Waals surface area contributed by atoms with E-state index in [1.807, 2.05) is 0 Å². The van der Waals surface area contributed by atoms with Crippen molar-refractivity contribution >= 4 is 12.4 Å². The van der Waals surface area contributed by atoms with Crippen molar-refractivity contribution in [2.24, 2.45) is 0 Å². The van der Waals surface area contributed by atoms with Gasteiger partial charge in [-0.2, -0.15) is 0 Å². The third-order valence-corrected chi connectivity index (χ3v) is 2.85. The second-order valence-corrected chi connectivity index (χ2v) is 5.69. The Morgan fingerprint density at radius 2 is 1.86 bits per heavy atom. The van der Waals surface area contributed by atoms with E-state index in [0.29, 0.717) is 0 Å². The van der Waals surface area contributed by atoms with Crippen LogP contribution in [0.3, 0.4) is 0 Å². The summed E-state index contributed by atoms with van der Waals surface area (Å²) in [5, 5.41) is 0. The van der Waals surface area contributed by atoms with E-state index in [0.717, 1.165) is 10.6 Å². The van der Waals surface area contributed by atoms with Gasteiger partial charge >= 0.3 is 6.09 Å². The Hall–Kier alpha value is -2.50. The number of hydrogen-bond donors (Lipinski definition) is 0. The number of rotatable bonds is 2. The predicted octanol–water partition coefficient (Wildman–Crippen LogP) is 4.03. The summed E-state index contributed by atoms with van der Waals surface area (Å²) in [4.78, 5) is 22.7. The fourth-order valence-electron chi connectivity index (χ4n) is 1.92. The highest BCUT2D eigenvalue weighted by molar-refractivity contribution is 5.81. The van der Waals surface area contributed by atoms with Crippen molar-refractivity contribution < 1.29 is 23.1 Å². The van der Waals surface area contributed by atoms with Gasteiger partial charge in [0.2, 0.25) is 0 Å². The van der Waals surface area contributed by atoms with Crippen LogP contribution in [0.2, 0.25) is 0 Å². The summed E-state index contributed by atoms with van der Waals surface area (Å²) in [6.07, 6.45) is 0.926. The van der Waals surface area contributed by atoms with Crippen LogP contribution in [0.4, 0.5) is 13.6 Å². The summed E-state index contributed by atoms with van der Waals surface area (Å²) >= 11 is 0. The Labute approximate surface area is 126 Å². The van der Waals surface area contributed by atoms with Gasteiger partial charge in [-0.15, -0.1) is 0 Å². The predicted molar refractivity (Wildman–Crippen MR) is 76.8 cm³/mol. The van der Waals surface area contributed by atoms with Crippen molar-refractivity contribution in [3.8, 4) is 11.3 Å². The van der Waals surface area contributed by atoms with Gasteiger partial charge in [-0.05, 0) is 45.0 Å². The van der Waals surface area contributed by atoms with Gasteiger partial charge in [0, 0.05) is 11.8 Å². The summed E-state index contributed by atoms with van der Waals surface area (Å²) in [6, 6.07) is 5.39. The Balaban J connectivity index is 2.48. The average molecular weight is 307 g/mol. The summed E-state index contributed by atoms with van der Waals surface area (Å²) in [7, 11) is 0. The van der Waals surface area contributed by atoms with E-state index in [1.165, 1.54) is 24.4 Å². The molecule has 0 aliphatic heterocycles. The van der Waals surface area contributed by atoms with E-state index in [2.05, 4.69) is 0 Å². The highest BCUT2D eigenvalue weighted by Gasteiger charge is 2.22. The number of aromatic nitrogens is 1. The summed E-state index contributed by atoms with van der Waals surface area (Å²) in [5.74, 6) is -2.43. The fraction of sp³-hybridized carbons (Fsp3) is 0.250. The van der Waals surface area contributed by atoms with Crippen molar-refractivity contribution in [3.63, 3.8) is 0 Å². The number of ether oxygens (including phenoxy) is 1. The Bertz CT molecular complexity index is 729. The fourth-order valence-corrected chi connectivity index (χ4v) is 1.92. The smallest absolute Gasteiger partial charge is 0.418 e. The molecule has 0 fully saturated rings. The number of carbonyl (C=O) groups is 2. The lowest BCUT2D eigenvalue weighted by Crippen LogP contribution is -2.27. The molecule has 0 radical (unpaired) electrons. The largest absolute Gasteiger partial charge is 0.443 e. The third-order valence-electron chi connectivity index (χ3n) is 2.85. The molecule has 0 saturated carbocycles. The Morgan fingerprint density at radius 3 is 2.45 bits per heavy atom. The van der Waals surface area contributed by atoms with Crippen molar-refractivity contribution in [1.82, 2.24) is 4.57 Å². The molecule has 1 aromatic carbocycles. The number of benzene rings is 1. The maximum atomic E-state index is 14.1. The monoisotopic (exact) mass is 307 g/mol. The molecule has 0 atom stereocenters. The molecule has 116 valence electrons. The Kier molecular flexibility index (Phi) is 4.12. The topological polar surface area (TPSA) is 48.3 Å². The summed E-state index contributed by atoms with van der Waals surface area (Å²) < 4.78 is 34.1. The molecule has 0 saturated heterocycles. The molecule has 2 aromatic rings. The first-order valence-corrected chi connectivity index (χ1v) is 6.59. The molecule has 0 spiro atoms. The molecular formula is C16H15F2NO3. The van der Waals surface area contributed by atoms with Gasteiger partial charge in [-0.25, -0.2) is 13.6 Å². The van der Waals surface area contributed by atoms with Gasteiger partial charge in [0.15, 0.2) is 17.9 Å². The molecule has 1 heterocycles. The lowest BCUT2D eigenvalue weighted by atomic mass is 10.1. The highest BCUT2D eigenvalue weighted by atomic mass is 19.2. The molecule has 0 aliphatic rings. The quantitative estimate of drug-likeness (QED) is 0.787. The van der Waals surface area contributed by atoms with Crippen LogP contribution in [-0.2, 0) is 4.74 Å². The van der Waals surface area contributed by atoms with E-state index in [4.69, 9.17) is 4.74 Å². The van der Waals surface area contributed by atoms with Crippen LogP contribution < -0.4 is 0 Å². The first kappa shape index (κ1) is 15.9. The van der Waals surface area contributed by atoms with Gasteiger partial charge in [0.25, 0.3) is 0 Å². The molecule has 4 nitrogen and oxygen atoms in total. The second-order valence-electron chi connectivity index (χ2n) is 5.69. The third kappa shape index (κ3) is 3.05. The van der Waals surface area contributed by atoms with Crippen LogP contribution in [0.15, 0.2) is 30.5 Å². The van der Waals surface area contributed by atoms with Crippen LogP contribution in [0.5, 0.6) is 0 Å². The maximum Gasteiger partial charge on any atom is 0.418 e. The first-order valence-electron chi connectivity index (χ1n) is 6.59. The standard InChI is InChI=1S/C16H15F2NO3/c1-16(2,3)22-15(21)19-8-4-5-12(19)11-7-6-10(9-20)13(17)14(11)18/h4-9H,1-3H3. The maximum absolute atomic E-state index is 14.1. The van der Waals surface area contributed by atoms with Crippen molar-refractivity contribution in [2.45, 2.75) is 26.4 Å². The number of carbonyl (C=O) groups excluding carboxylic acids is 2. The zero-order valence-electron chi connectivity index (χ0n) is 12.4. The molecule has 22 heavy (non-hydrogen) atoms. The molecule has 6 heteroatoms. The number of nitrogens with zero attached hydrogens (tertiary/aromatic N) is 1. The van der Waals surface area contributed by atoms with Crippen LogP contribution in [0, 0.1) is 11.6 Å². The normalized spacial score (nSPS) is 11.3. The zero-order valence-corrected chi connectivity index (χ0v) is 12.4. The summed E-state index contributed by atoms with van der Waals surface area (Å²) in [5.41, 5.74) is -1.08. The zero-order chi connectivity index (χ0) is 16.5. The van der Waals surface area contributed by atoms with Crippen LogP contribution in [0.25, 0.3) is 11.3 Å². The van der Waals surface area contributed by atoms with Gasteiger partial charge < -0.3 is 4.74 Å². The Morgan fingerprint density at radius 1 is 1.18 bits per heavy atom. The number of hydrogen-bond acceptors (Lipinski definition) is 3. The van der Waals surface area contributed by atoms with Crippen molar-refractivity contribution in [1.29, 1.82) is 0 Å². The lowest BCUT2D eigenvalue weighted by molar-refractivity contribution is 0.0540. The highest BCUT2D eigenvalue weighted by Crippen LogP contribution is 2.27. The number of halogens is 2. The van der Waals surface area contributed by atoms with Crippen LogP contribution in [0.1, 0.15) is 31.1 Å². The summed E-state index contributed by atoms with van der Waals surface area (Å²) in [6.45, 7) is 5.10. The molecule has 0 unspecified atom stereocenters. The minimum absolute atomic E-state index is 0.126. The molecule has 2 rings (SSSR count). The first-order chi connectivity index (χ1) is 10.2. The molecule has 0 bridgehead atoms. The minimum atomic E-state index is -1.25. The van der Waals surface area contributed by atoms with Gasteiger partial charge in [0.05, 0.1) is 11.3 Å². The van der Waals surface area contributed by atoms with E-state index in [9.17, 15) is 18.4 Å². The van der Waals surface area contributed by atoms with Gasteiger partial charge in [-0.3, -0.25) is 9.36 Å². The lowest BCUT2D eigenvalue weighted by Gasteiger charge is -2.20. The molecule has 1 aromatic heterocycles. The van der Waals surface area contributed by atoms with Gasteiger partial charge in [-0.1, -0.05) is 0 Å². The minimum Gasteiger partial charge on any atom is -0.443 e. The average Bonchev–Trinajstić information content (AvgIpc) is 2.89. The molecular weight excluding hydrogens is 292 g/mol. The van der Waals surface area contributed by atoms with E-state index < -0.39 is 23.3 Å². The van der Waals surface area contributed by atoms with Gasteiger partial charge in [0.1, 0.15) is 5.60 Å². The van der Waals surface area contributed by atoms with E-state index >= 15 is 0 Å². The number of aldehydes is 1. The molecule has 0 N–H and O–H groups in total. The second kappa shape index (κ2) is 5.71. The van der Waals surface area contributed by atoms with Crippen LogP contribution >= 0.6 is 0 Å². The van der Waals surface area contributed by atoms with Crippen LogP contribution in [-0.4, -0.2) is 22.5 Å².